The maximum atomic E-state index is 14.0. The molecule has 186 valence electrons. The fourth-order valence-electron chi connectivity index (χ4n) is 4.16. The average molecular weight is 489 g/mol. The second-order valence-corrected chi connectivity index (χ2v) is 8.51. The molecule has 0 heterocycles. The summed E-state index contributed by atoms with van der Waals surface area (Å²) in [6.07, 6.45) is 0.139. The Bertz CT molecular complexity index is 1080. The van der Waals surface area contributed by atoms with Crippen LogP contribution in [0, 0.1) is 29.2 Å². The predicted molar refractivity (Wildman–Crippen MR) is 125 cm³/mol. The molecule has 0 radical (unpaired) electrons. The lowest BCUT2D eigenvalue weighted by molar-refractivity contribution is -0.0379. The minimum atomic E-state index is -1.83. The standard InChI is InChI=1S/C28H28F4O3/c1-2-21(9-11-35-18-19-6-4-3-5-7-19)28(34,22-14-25(31)17-26(32)15-22)10-8-27(33)20-12-23(29)16-24(30)13-20/h2-7,12-17,21,27,33-34H,1,8-11,18H2/t21?,27-,28+/m1/s1. The summed E-state index contributed by atoms with van der Waals surface area (Å²) in [5, 5.41) is 22.2. The summed E-state index contributed by atoms with van der Waals surface area (Å²) in [7, 11) is 0. The van der Waals surface area contributed by atoms with Crippen LogP contribution < -0.4 is 0 Å². The van der Waals surface area contributed by atoms with Gasteiger partial charge < -0.3 is 14.9 Å². The van der Waals surface area contributed by atoms with Crippen LogP contribution in [-0.2, 0) is 16.9 Å². The van der Waals surface area contributed by atoms with Gasteiger partial charge in [-0.25, -0.2) is 17.6 Å². The van der Waals surface area contributed by atoms with Crippen LogP contribution in [-0.4, -0.2) is 16.8 Å². The van der Waals surface area contributed by atoms with Gasteiger partial charge >= 0.3 is 0 Å². The van der Waals surface area contributed by atoms with Gasteiger partial charge in [-0.2, -0.15) is 0 Å². The maximum Gasteiger partial charge on any atom is 0.126 e. The zero-order chi connectivity index (χ0) is 25.4. The minimum Gasteiger partial charge on any atom is -0.388 e. The fraction of sp³-hybridized carbons (Fsp3) is 0.286. The second kappa shape index (κ2) is 12.1. The Balaban J connectivity index is 1.78. The Morgan fingerprint density at radius 3 is 2.00 bits per heavy atom. The molecule has 3 aromatic rings. The van der Waals surface area contributed by atoms with E-state index in [2.05, 4.69) is 6.58 Å². The molecule has 1 unspecified atom stereocenters. The molecule has 0 saturated carbocycles. The first-order chi connectivity index (χ1) is 16.7. The minimum absolute atomic E-state index is 0.00313. The van der Waals surface area contributed by atoms with Crippen LogP contribution in [0.25, 0.3) is 0 Å². The molecule has 0 fully saturated rings. The van der Waals surface area contributed by atoms with Gasteiger partial charge in [-0.05, 0) is 60.2 Å². The average Bonchev–Trinajstić information content (AvgIpc) is 2.82. The highest BCUT2D eigenvalue weighted by Gasteiger charge is 2.38. The second-order valence-electron chi connectivity index (χ2n) is 8.51. The Hall–Kier alpha value is -3.00. The molecule has 0 aliphatic rings. The maximum absolute atomic E-state index is 14.0. The molecule has 0 bridgehead atoms. The molecular weight excluding hydrogens is 460 g/mol. The van der Waals surface area contributed by atoms with Crippen LogP contribution in [0.15, 0.2) is 79.4 Å². The van der Waals surface area contributed by atoms with Crippen molar-refractivity contribution in [2.75, 3.05) is 6.61 Å². The highest BCUT2D eigenvalue weighted by atomic mass is 19.1. The molecule has 2 N–H and O–H groups in total. The van der Waals surface area contributed by atoms with Crippen LogP contribution in [0.3, 0.4) is 0 Å². The quantitative estimate of drug-likeness (QED) is 0.177. The van der Waals surface area contributed by atoms with E-state index in [0.717, 1.165) is 29.8 Å². The molecule has 3 atom stereocenters. The molecule has 3 aromatic carbocycles. The van der Waals surface area contributed by atoms with Gasteiger partial charge in [-0.1, -0.05) is 36.4 Å². The van der Waals surface area contributed by atoms with Crippen molar-refractivity contribution in [2.24, 2.45) is 5.92 Å². The molecule has 0 aromatic heterocycles. The van der Waals surface area contributed by atoms with Crippen LogP contribution in [0.4, 0.5) is 17.6 Å². The number of ether oxygens (including phenoxy) is 1. The SMILES string of the molecule is C=CC(CCOCc1ccccc1)[C@@](O)(CC[C@@H](O)c1cc(F)cc(F)c1)c1cc(F)cc(F)c1. The zero-order valence-corrected chi connectivity index (χ0v) is 19.1. The number of halogens is 4. The molecule has 0 amide bonds. The summed E-state index contributed by atoms with van der Waals surface area (Å²) in [6.45, 7) is 4.35. The Labute approximate surface area is 202 Å². The van der Waals surface area contributed by atoms with E-state index in [4.69, 9.17) is 4.74 Å². The summed E-state index contributed by atoms with van der Waals surface area (Å²) < 4.78 is 61.0. The molecule has 3 nitrogen and oxygen atoms in total. The van der Waals surface area contributed by atoms with Crippen molar-refractivity contribution >= 4 is 0 Å². The number of aliphatic hydroxyl groups is 2. The third-order valence-corrected chi connectivity index (χ3v) is 6.01. The monoisotopic (exact) mass is 488 g/mol. The van der Waals surface area contributed by atoms with Crippen LogP contribution in [0.2, 0.25) is 0 Å². The van der Waals surface area contributed by atoms with Crippen molar-refractivity contribution in [1.29, 1.82) is 0 Å². The highest BCUT2D eigenvalue weighted by Crippen LogP contribution is 2.40. The summed E-state index contributed by atoms with van der Waals surface area (Å²) in [4.78, 5) is 0. The van der Waals surface area contributed by atoms with Crippen LogP contribution in [0.5, 0.6) is 0 Å². The largest absolute Gasteiger partial charge is 0.388 e. The van der Waals surface area contributed by atoms with E-state index in [1.165, 1.54) is 6.08 Å². The van der Waals surface area contributed by atoms with E-state index in [1.807, 2.05) is 30.3 Å². The predicted octanol–water partition coefficient (Wildman–Crippen LogP) is 6.35. The van der Waals surface area contributed by atoms with E-state index < -0.39 is 40.9 Å². The number of hydrogen-bond acceptors (Lipinski definition) is 3. The number of rotatable bonds is 12. The topological polar surface area (TPSA) is 49.7 Å². The first kappa shape index (κ1) is 26.6. The third kappa shape index (κ3) is 7.24. The lowest BCUT2D eigenvalue weighted by Gasteiger charge is -2.36. The van der Waals surface area contributed by atoms with Gasteiger partial charge in [0.1, 0.15) is 23.3 Å². The smallest absolute Gasteiger partial charge is 0.126 e. The lowest BCUT2D eigenvalue weighted by atomic mass is 9.75. The van der Waals surface area contributed by atoms with Crippen molar-refractivity contribution < 1.29 is 32.5 Å². The van der Waals surface area contributed by atoms with Crippen molar-refractivity contribution in [3.63, 3.8) is 0 Å². The molecule has 0 aliphatic heterocycles. The molecule has 7 heteroatoms. The third-order valence-electron chi connectivity index (χ3n) is 6.01. The van der Waals surface area contributed by atoms with Crippen molar-refractivity contribution in [3.8, 4) is 0 Å². The Kier molecular flexibility index (Phi) is 9.20. The van der Waals surface area contributed by atoms with Gasteiger partial charge in [-0.3, -0.25) is 0 Å². The van der Waals surface area contributed by atoms with Gasteiger partial charge in [0.05, 0.1) is 18.3 Å². The number of benzene rings is 3. The molecule has 3 rings (SSSR count). The van der Waals surface area contributed by atoms with Gasteiger partial charge in [0, 0.05) is 24.7 Å². The van der Waals surface area contributed by atoms with Gasteiger partial charge in [-0.15, -0.1) is 6.58 Å². The molecule has 0 saturated heterocycles. The Morgan fingerprint density at radius 2 is 1.43 bits per heavy atom. The molecule has 0 spiro atoms. The molecule has 35 heavy (non-hydrogen) atoms. The van der Waals surface area contributed by atoms with Gasteiger partial charge in [0.25, 0.3) is 0 Å². The highest BCUT2D eigenvalue weighted by molar-refractivity contribution is 5.27. The molecular formula is C28H28F4O3. The first-order valence-corrected chi connectivity index (χ1v) is 11.3. The summed E-state index contributed by atoms with van der Waals surface area (Å²) >= 11 is 0. The van der Waals surface area contributed by atoms with Gasteiger partial charge in [0.2, 0.25) is 0 Å². The zero-order valence-electron chi connectivity index (χ0n) is 19.1. The summed E-state index contributed by atoms with van der Waals surface area (Å²) in [6, 6.07) is 14.9. The lowest BCUT2D eigenvalue weighted by Crippen LogP contribution is -2.35. The normalized spacial score (nSPS) is 14.8. The number of aliphatic hydroxyl groups excluding tert-OH is 1. The number of hydrogen-bond donors (Lipinski definition) is 2. The van der Waals surface area contributed by atoms with Crippen molar-refractivity contribution in [2.45, 2.75) is 37.6 Å². The van der Waals surface area contributed by atoms with E-state index in [1.54, 1.807) is 0 Å². The van der Waals surface area contributed by atoms with E-state index in [9.17, 15) is 27.8 Å². The fourth-order valence-corrected chi connectivity index (χ4v) is 4.16. The van der Waals surface area contributed by atoms with Crippen LogP contribution in [0.1, 0.15) is 42.1 Å². The first-order valence-electron chi connectivity index (χ1n) is 11.3. The van der Waals surface area contributed by atoms with Crippen molar-refractivity contribution in [1.82, 2.24) is 0 Å². The van der Waals surface area contributed by atoms with E-state index in [0.29, 0.717) is 18.7 Å². The Morgan fingerprint density at radius 1 is 0.857 bits per heavy atom. The summed E-state index contributed by atoms with van der Waals surface area (Å²) in [5.74, 6) is -4.12. The summed E-state index contributed by atoms with van der Waals surface area (Å²) in [5.41, 5.74) is -0.888. The van der Waals surface area contributed by atoms with E-state index in [-0.39, 0.29) is 37.0 Å². The molecule has 0 aliphatic carbocycles. The van der Waals surface area contributed by atoms with Gasteiger partial charge in [0.15, 0.2) is 0 Å². The van der Waals surface area contributed by atoms with Crippen molar-refractivity contribution in [3.05, 3.63) is 119 Å². The van der Waals surface area contributed by atoms with E-state index >= 15 is 0 Å². The van der Waals surface area contributed by atoms with Crippen LogP contribution >= 0.6 is 0 Å².